The van der Waals surface area contributed by atoms with Crippen LogP contribution in [-0.4, -0.2) is 26.2 Å². The van der Waals surface area contributed by atoms with Crippen molar-refractivity contribution >= 4 is 6.03 Å². The second-order valence-electron chi connectivity index (χ2n) is 5.30. The lowest BCUT2D eigenvalue weighted by Gasteiger charge is -2.10. The van der Waals surface area contributed by atoms with Gasteiger partial charge in [0.05, 0.1) is 7.11 Å². The van der Waals surface area contributed by atoms with Crippen molar-refractivity contribution in [3.63, 3.8) is 0 Å². The summed E-state index contributed by atoms with van der Waals surface area (Å²) in [5, 5.41) is 5.71. The number of methoxy groups -OCH3 is 1. The van der Waals surface area contributed by atoms with Gasteiger partial charge in [-0.2, -0.15) is 0 Å². The van der Waals surface area contributed by atoms with Crippen molar-refractivity contribution in [2.24, 2.45) is 5.92 Å². The van der Waals surface area contributed by atoms with Gasteiger partial charge in [0.2, 0.25) is 0 Å². The van der Waals surface area contributed by atoms with Crippen LogP contribution in [0.3, 0.4) is 0 Å². The number of benzene rings is 1. The van der Waals surface area contributed by atoms with Crippen LogP contribution >= 0.6 is 0 Å². The molecule has 1 rings (SSSR count). The second-order valence-corrected chi connectivity index (χ2v) is 5.30. The standard InChI is InChI=1S/C16H26N2O2/c1-13(2)12-18-16(19)17-11-7-6-9-14-8-4-5-10-15(14)20-3/h4-5,8,10,13H,6-7,9,11-12H2,1-3H3,(H2,17,18,19). The number of unbranched alkanes of at least 4 members (excludes halogenated alkanes) is 1. The molecule has 20 heavy (non-hydrogen) atoms. The van der Waals surface area contributed by atoms with Crippen LogP contribution in [0.5, 0.6) is 5.75 Å². The predicted molar refractivity (Wildman–Crippen MR) is 82.2 cm³/mol. The van der Waals surface area contributed by atoms with Crippen molar-refractivity contribution in [2.75, 3.05) is 20.2 Å². The van der Waals surface area contributed by atoms with Gasteiger partial charge in [0, 0.05) is 13.1 Å². The van der Waals surface area contributed by atoms with E-state index < -0.39 is 0 Å². The van der Waals surface area contributed by atoms with Crippen LogP contribution in [0.15, 0.2) is 24.3 Å². The van der Waals surface area contributed by atoms with Crippen LogP contribution in [0.1, 0.15) is 32.3 Å². The van der Waals surface area contributed by atoms with Gasteiger partial charge in [-0.05, 0) is 36.8 Å². The zero-order chi connectivity index (χ0) is 14.8. The second kappa shape index (κ2) is 9.23. The smallest absolute Gasteiger partial charge is 0.314 e. The predicted octanol–water partition coefficient (Wildman–Crippen LogP) is 2.97. The first-order chi connectivity index (χ1) is 9.63. The Morgan fingerprint density at radius 3 is 2.65 bits per heavy atom. The number of ether oxygens (including phenoxy) is 1. The van der Waals surface area contributed by atoms with Gasteiger partial charge >= 0.3 is 6.03 Å². The first kappa shape index (κ1) is 16.3. The number of hydrogen-bond donors (Lipinski definition) is 2. The maximum Gasteiger partial charge on any atom is 0.314 e. The van der Waals surface area contributed by atoms with Crippen molar-refractivity contribution in [3.8, 4) is 5.75 Å². The highest BCUT2D eigenvalue weighted by Crippen LogP contribution is 2.19. The third-order valence-electron chi connectivity index (χ3n) is 3.02. The minimum Gasteiger partial charge on any atom is -0.496 e. The zero-order valence-corrected chi connectivity index (χ0v) is 12.7. The highest BCUT2D eigenvalue weighted by molar-refractivity contribution is 5.73. The molecule has 0 aliphatic rings. The van der Waals surface area contributed by atoms with Gasteiger partial charge in [0.25, 0.3) is 0 Å². The van der Waals surface area contributed by atoms with E-state index in [0.29, 0.717) is 19.0 Å². The summed E-state index contributed by atoms with van der Waals surface area (Å²) in [5.74, 6) is 1.42. The van der Waals surface area contributed by atoms with Crippen LogP contribution in [0.4, 0.5) is 4.79 Å². The summed E-state index contributed by atoms with van der Waals surface area (Å²) < 4.78 is 5.32. The fraction of sp³-hybridized carbons (Fsp3) is 0.562. The number of urea groups is 1. The lowest BCUT2D eigenvalue weighted by atomic mass is 10.1. The molecule has 0 saturated heterocycles. The first-order valence-corrected chi connectivity index (χ1v) is 7.27. The van der Waals surface area contributed by atoms with E-state index in [0.717, 1.165) is 25.0 Å². The molecule has 0 aliphatic carbocycles. The number of hydrogen-bond acceptors (Lipinski definition) is 2. The van der Waals surface area contributed by atoms with Gasteiger partial charge in [-0.15, -0.1) is 0 Å². The summed E-state index contributed by atoms with van der Waals surface area (Å²) in [6.45, 7) is 5.58. The molecule has 0 unspecified atom stereocenters. The van der Waals surface area contributed by atoms with Crippen LogP contribution in [0, 0.1) is 5.92 Å². The van der Waals surface area contributed by atoms with E-state index in [-0.39, 0.29) is 6.03 Å². The minimum atomic E-state index is -0.0732. The quantitative estimate of drug-likeness (QED) is 0.718. The van der Waals surface area contributed by atoms with Crippen molar-refractivity contribution in [1.82, 2.24) is 10.6 Å². The monoisotopic (exact) mass is 278 g/mol. The van der Waals surface area contributed by atoms with E-state index in [4.69, 9.17) is 4.74 Å². The molecule has 2 amide bonds. The molecule has 112 valence electrons. The zero-order valence-electron chi connectivity index (χ0n) is 12.7. The largest absolute Gasteiger partial charge is 0.496 e. The number of amides is 2. The molecule has 1 aromatic carbocycles. The number of carbonyl (C=O) groups excluding carboxylic acids is 1. The first-order valence-electron chi connectivity index (χ1n) is 7.27. The van der Waals surface area contributed by atoms with E-state index >= 15 is 0 Å². The molecule has 0 radical (unpaired) electrons. The third-order valence-corrected chi connectivity index (χ3v) is 3.02. The Morgan fingerprint density at radius 2 is 1.95 bits per heavy atom. The van der Waals surface area contributed by atoms with Gasteiger partial charge in [0.15, 0.2) is 0 Å². The van der Waals surface area contributed by atoms with Crippen molar-refractivity contribution in [2.45, 2.75) is 33.1 Å². The molecule has 4 heteroatoms. The molecular formula is C16H26N2O2. The highest BCUT2D eigenvalue weighted by atomic mass is 16.5. The van der Waals surface area contributed by atoms with Crippen molar-refractivity contribution in [3.05, 3.63) is 29.8 Å². The Bertz CT molecular complexity index is 405. The van der Waals surface area contributed by atoms with Crippen LogP contribution in [0.25, 0.3) is 0 Å². The number of rotatable bonds is 8. The van der Waals surface area contributed by atoms with Gasteiger partial charge < -0.3 is 15.4 Å². The summed E-state index contributed by atoms with van der Waals surface area (Å²) in [4.78, 5) is 11.4. The Balaban J connectivity index is 2.14. The molecule has 0 atom stereocenters. The molecule has 0 spiro atoms. The lowest BCUT2D eigenvalue weighted by molar-refractivity contribution is 0.239. The lowest BCUT2D eigenvalue weighted by Crippen LogP contribution is -2.37. The third kappa shape index (κ3) is 6.45. The SMILES string of the molecule is COc1ccccc1CCCCNC(=O)NCC(C)C. The molecule has 0 bridgehead atoms. The fourth-order valence-electron chi connectivity index (χ4n) is 1.91. The van der Waals surface area contributed by atoms with Crippen molar-refractivity contribution < 1.29 is 9.53 Å². The normalized spacial score (nSPS) is 10.4. The van der Waals surface area contributed by atoms with Gasteiger partial charge in [-0.25, -0.2) is 4.79 Å². The minimum absolute atomic E-state index is 0.0732. The van der Waals surface area contributed by atoms with Crippen molar-refractivity contribution in [1.29, 1.82) is 0 Å². The molecule has 0 heterocycles. The summed E-state index contributed by atoms with van der Waals surface area (Å²) in [6.07, 6.45) is 2.97. The average Bonchev–Trinajstić information content (AvgIpc) is 2.45. The fourth-order valence-corrected chi connectivity index (χ4v) is 1.91. The van der Waals surface area contributed by atoms with Gasteiger partial charge in [-0.1, -0.05) is 32.0 Å². The molecule has 4 nitrogen and oxygen atoms in total. The number of aryl methyl sites for hydroxylation is 1. The average molecular weight is 278 g/mol. The number of para-hydroxylation sites is 1. The van der Waals surface area contributed by atoms with Crippen LogP contribution in [-0.2, 0) is 6.42 Å². The van der Waals surface area contributed by atoms with Crippen LogP contribution < -0.4 is 15.4 Å². The highest BCUT2D eigenvalue weighted by Gasteiger charge is 2.02. The Labute approximate surface area is 121 Å². The molecule has 1 aromatic rings. The molecular weight excluding hydrogens is 252 g/mol. The maximum atomic E-state index is 11.4. The number of carbonyl (C=O) groups is 1. The molecule has 0 aliphatic heterocycles. The van der Waals surface area contributed by atoms with E-state index in [1.54, 1.807) is 7.11 Å². The summed E-state index contributed by atoms with van der Waals surface area (Å²) >= 11 is 0. The molecule has 2 N–H and O–H groups in total. The Morgan fingerprint density at radius 1 is 1.20 bits per heavy atom. The molecule has 0 fully saturated rings. The molecule has 0 aromatic heterocycles. The van der Waals surface area contributed by atoms with E-state index in [9.17, 15) is 4.79 Å². The summed E-state index contributed by atoms with van der Waals surface area (Å²) in [6, 6.07) is 7.99. The van der Waals surface area contributed by atoms with E-state index in [2.05, 4.69) is 30.5 Å². The van der Waals surface area contributed by atoms with Crippen LogP contribution in [0.2, 0.25) is 0 Å². The Hall–Kier alpha value is -1.71. The maximum absolute atomic E-state index is 11.4. The van der Waals surface area contributed by atoms with E-state index in [1.165, 1.54) is 5.56 Å². The summed E-state index contributed by atoms with van der Waals surface area (Å²) in [5.41, 5.74) is 1.22. The molecule has 0 saturated carbocycles. The topological polar surface area (TPSA) is 50.4 Å². The van der Waals surface area contributed by atoms with Gasteiger partial charge in [0.1, 0.15) is 5.75 Å². The number of nitrogens with one attached hydrogen (secondary N) is 2. The summed E-state index contributed by atoms with van der Waals surface area (Å²) in [7, 11) is 1.69. The van der Waals surface area contributed by atoms with Gasteiger partial charge in [-0.3, -0.25) is 0 Å². The van der Waals surface area contributed by atoms with E-state index in [1.807, 2.05) is 18.2 Å². The Kier molecular flexibility index (Phi) is 7.55.